The van der Waals surface area contributed by atoms with Gasteiger partial charge in [0, 0.05) is 5.41 Å². The summed E-state index contributed by atoms with van der Waals surface area (Å²) in [5, 5.41) is 19.4. The fraction of sp³-hybridized carbons (Fsp3) is 0.478. The van der Waals surface area contributed by atoms with Crippen molar-refractivity contribution in [2.45, 2.75) is 58.3 Å². The number of hydrogen-bond donors (Lipinski definition) is 2. The minimum Gasteiger partial charge on any atom is -0.508 e. The standard InChI is InChI=1S/C23H30O2/c1-4-22(2,3)17-13-15-23(16-14-17,18-5-9-20(24)10-6-18)19-7-11-21(25)12-8-19/h5-12,17,24-25H,4,13-16H2,1-3H3. The molecule has 0 aliphatic heterocycles. The van der Waals surface area contributed by atoms with E-state index >= 15 is 0 Å². The van der Waals surface area contributed by atoms with Crippen molar-refractivity contribution in [3.63, 3.8) is 0 Å². The average Bonchev–Trinajstić information content (AvgIpc) is 2.63. The van der Waals surface area contributed by atoms with E-state index in [4.69, 9.17) is 0 Å². The maximum atomic E-state index is 9.69. The molecule has 0 atom stereocenters. The predicted molar refractivity (Wildman–Crippen MR) is 103 cm³/mol. The maximum Gasteiger partial charge on any atom is 0.115 e. The molecule has 0 radical (unpaired) electrons. The predicted octanol–water partition coefficient (Wildman–Crippen LogP) is 6.01. The Morgan fingerprint density at radius 2 is 1.24 bits per heavy atom. The third-order valence-corrected chi connectivity index (χ3v) is 6.70. The largest absolute Gasteiger partial charge is 0.508 e. The first-order valence-corrected chi connectivity index (χ1v) is 9.46. The number of hydrogen-bond acceptors (Lipinski definition) is 2. The second-order valence-electron chi connectivity index (χ2n) is 8.29. The van der Waals surface area contributed by atoms with E-state index in [0.29, 0.717) is 16.9 Å². The van der Waals surface area contributed by atoms with Crippen LogP contribution in [0.25, 0.3) is 0 Å². The van der Waals surface area contributed by atoms with Crippen molar-refractivity contribution in [2.75, 3.05) is 0 Å². The van der Waals surface area contributed by atoms with E-state index in [0.717, 1.165) is 18.8 Å². The molecule has 2 aromatic carbocycles. The molecule has 0 bridgehead atoms. The minimum atomic E-state index is -0.0261. The highest BCUT2D eigenvalue weighted by atomic mass is 16.3. The molecule has 1 aliphatic rings. The SMILES string of the molecule is CCC(C)(C)C1CCC(c2ccc(O)cc2)(c2ccc(O)cc2)CC1. The van der Waals surface area contributed by atoms with Crippen LogP contribution in [-0.4, -0.2) is 10.2 Å². The van der Waals surface area contributed by atoms with Crippen molar-refractivity contribution in [1.82, 2.24) is 0 Å². The Labute approximate surface area is 151 Å². The van der Waals surface area contributed by atoms with Crippen LogP contribution >= 0.6 is 0 Å². The van der Waals surface area contributed by atoms with E-state index in [1.165, 1.54) is 30.4 Å². The summed E-state index contributed by atoms with van der Waals surface area (Å²) in [6.45, 7) is 7.08. The molecule has 0 unspecified atom stereocenters. The van der Waals surface area contributed by atoms with Crippen LogP contribution in [0.15, 0.2) is 48.5 Å². The molecular formula is C23H30O2. The van der Waals surface area contributed by atoms with E-state index in [1.54, 1.807) is 24.3 Å². The zero-order valence-electron chi connectivity index (χ0n) is 15.6. The second kappa shape index (κ2) is 6.74. The maximum absolute atomic E-state index is 9.69. The quantitative estimate of drug-likeness (QED) is 0.716. The zero-order valence-corrected chi connectivity index (χ0v) is 15.6. The van der Waals surface area contributed by atoms with Crippen molar-refractivity contribution in [2.24, 2.45) is 11.3 Å². The smallest absolute Gasteiger partial charge is 0.115 e. The summed E-state index contributed by atoms with van der Waals surface area (Å²) in [4.78, 5) is 0. The van der Waals surface area contributed by atoms with Gasteiger partial charge >= 0.3 is 0 Å². The lowest BCUT2D eigenvalue weighted by Gasteiger charge is -2.46. The molecule has 0 aromatic heterocycles. The van der Waals surface area contributed by atoms with Gasteiger partial charge in [0.2, 0.25) is 0 Å². The van der Waals surface area contributed by atoms with E-state index in [2.05, 4.69) is 45.0 Å². The Kier molecular flexibility index (Phi) is 4.81. The Morgan fingerprint density at radius 3 is 1.60 bits per heavy atom. The van der Waals surface area contributed by atoms with Gasteiger partial charge in [0.25, 0.3) is 0 Å². The molecule has 1 fully saturated rings. The molecule has 2 N–H and O–H groups in total. The third-order valence-electron chi connectivity index (χ3n) is 6.70. The molecule has 0 heterocycles. The molecule has 2 heteroatoms. The highest BCUT2D eigenvalue weighted by Crippen LogP contribution is 2.51. The Balaban J connectivity index is 1.97. The van der Waals surface area contributed by atoms with Gasteiger partial charge in [0.15, 0.2) is 0 Å². The Bertz CT molecular complexity index is 642. The molecule has 2 nitrogen and oxygen atoms in total. The number of aromatic hydroxyl groups is 2. The van der Waals surface area contributed by atoms with Crippen LogP contribution in [0.2, 0.25) is 0 Å². The third kappa shape index (κ3) is 3.40. The fourth-order valence-corrected chi connectivity index (χ4v) is 4.49. The van der Waals surface area contributed by atoms with E-state index in [-0.39, 0.29) is 5.41 Å². The number of phenols is 2. The summed E-state index contributed by atoms with van der Waals surface area (Å²) in [7, 11) is 0. The summed E-state index contributed by atoms with van der Waals surface area (Å²) in [5.74, 6) is 1.37. The lowest BCUT2D eigenvalue weighted by Crippen LogP contribution is -2.37. The van der Waals surface area contributed by atoms with Gasteiger partial charge in [-0.25, -0.2) is 0 Å². The molecular weight excluding hydrogens is 308 g/mol. The van der Waals surface area contributed by atoms with Crippen LogP contribution in [0.3, 0.4) is 0 Å². The lowest BCUT2D eigenvalue weighted by atomic mass is 9.58. The topological polar surface area (TPSA) is 40.5 Å². The van der Waals surface area contributed by atoms with E-state index < -0.39 is 0 Å². The first-order chi connectivity index (χ1) is 11.9. The molecule has 0 spiro atoms. The van der Waals surface area contributed by atoms with Crippen molar-refractivity contribution in [1.29, 1.82) is 0 Å². The molecule has 1 saturated carbocycles. The molecule has 25 heavy (non-hydrogen) atoms. The molecule has 2 aromatic rings. The number of phenolic OH excluding ortho intramolecular Hbond substituents is 2. The van der Waals surface area contributed by atoms with E-state index in [9.17, 15) is 10.2 Å². The van der Waals surface area contributed by atoms with Crippen molar-refractivity contribution in [3.8, 4) is 11.5 Å². The van der Waals surface area contributed by atoms with Gasteiger partial charge in [-0.15, -0.1) is 0 Å². The highest BCUT2D eigenvalue weighted by Gasteiger charge is 2.41. The molecule has 0 amide bonds. The molecule has 134 valence electrons. The first-order valence-electron chi connectivity index (χ1n) is 9.46. The molecule has 1 aliphatic carbocycles. The van der Waals surface area contributed by atoms with Gasteiger partial charge in [-0.05, 0) is 72.4 Å². The second-order valence-corrected chi connectivity index (χ2v) is 8.29. The fourth-order valence-electron chi connectivity index (χ4n) is 4.49. The van der Waals surface area contributed by atoms with Crippen LogP contribution in [0.1, 0.15) is 64.0 Å². The van der Waals surface area contributed by atoms with Crippen molar-refractivity contribution >= 4 is 0 Å². The Hall–Kier alpha value is -1.96. The van der Waals surface area contributed by atoms with Gasteiger partial charge in [-0.3, -0.25) is 0 Å². The number of benzene rings is 2. The summed E-state index contributed by atoms with van der Waals surface area (Å²) in [6.07, 6.45) is 5.85. The first kappa shape index (κ1) is 17.8. The minimum absolute atomic E-state index is 0.0261. The van der Waals surface area contributed by atoms with Gasteiger partial charge in [-0.1, -0.05) is 51.5 Å². The monoisotopic (exact) mass is 338 g/mol. The average molecular weight is 338 g/mol. The zero-order chi connectivity index (χ0) is 18.1. The van der Waals surface area contributed by atoms with Crippen molar-refractivity contribution < 1.29 is 10.2 Å². The summed E-state index contributed by atoms with van der Waals surface area (Å²) < 4.78 is 0. The van der Waals surface area contributed by atoms with Gasteiger partial charge in [0.05, 0.1) is 0 Å². The molecule has 3 rings (SSSR count). The summed E-state index contributed by atoms with van der Waals surface area (Å²) >= 11 is 0. The van der Waals surface area contributed by atoms with Crippen LogP contribution in [0.5, 0.6) is 11.5 Å². The van der Waals surface area contributed by atoms with E-state index in [1.807, 2.05) is 0 Å². The molecule has 0 saturated heterocycles. The van der Waals surface area contributed by atoms with Crippen LogP contribution < -0.4 is 0 Å². The van der Waals surface area contributed by atoms with Gasteiger partial charge in [0.1, 0.15) is 11.5 Å². The van der Waals surface area contributed by atoms with Crippen LogP contribution in [0, 0.1) is 11.3 Å². The number of rotatable bonds is 4. The summed E-state index contributed by atoms with van der Waals surface area (Å²) in [6, 6.07) is 15.4. The van der Waals surface area contributed by atoms with Crippen LogP contribution in [0.4, 0.5) is 0 Å². The van der Waals surface area contributed by atoms with Gasteiger partial charge < -0.3 is 10.2 Å². The van der Waals surface area contributed by atoms with Crippen molar-refractivity contribution in [3.05, 3.63) is 59.7 Å². The Morgan fingerprint density at radius 1 is 0.840 bits per heavy atom. The van der Waals surface area contributed by atoms with Crippen LogP contribution in [-0.2, 0) is 5.41 Å². The lowest BCUT2D eigenvalue weighted by molar-refractivity contribution is 0.125. The van der Waals surface area contributed by atoms with Gasteiger partial charge in [-0.2, -0.15) is 0 Å². The summed E-state index contributed by atoms with van der Waals surface area (Å²) in [5.41, 5.74) is 2.89. The normalized spacial score (nSPS) is 18.2. The highest BCUT2D eigenvalue weighted by molar-refractivity contribution is 5.43.